The lowest BCUT2D eigenvalue weighted by Gasteiger charge is -2.27. The molecule has 0 N–H and O–H groups in total. The molecule has 0 aromatic carbocycles. The summed E-state index contributed by atoms with van der Waals surface area (Å²) in [5, 5.41) is 0. The summed E-state index contributed by atoms with van der Waals surface area (Å²) in [6.45, 7) is 6.90. The maximum Gasteiger partial charge on any atom is 0.0985 e. The second kappa shape index (κ2) is 12.0. The second-order valence-electron chi connectivity index (χ2n) is 8.42. The predicted octanol–water partition coefficient (Wildman–Crippen LogP) is 5.87. The molecule has 2 radical (unpaired) electrons. The molecular formula is C21H41BN2. The van der Waals surface area contributed by atoms with Gasteiger partial charge in [-0.05, 0) is 38.5 Å². The van der Waals surface area contributed by atoms with Gasteiger partial charge < -0.3 is 4.90 Å². The highest BCUT2D eigenvalue weighted by Gasteiger charge is 2.17. The fraction of sp³-hybridized carbons (Fsp3) is 0.952. The average molecular weight is 332 g/mol. The molecule has 1 fully saturated rings. The summed E-state index contributed by atoms with van der Waals surface area (Å²) in [5.74, 6) is 3.37. The lowest BCUT2D eigenvalue weighted by Crippen LogP contribution is -2.33. The van der Waals surface area contributed by atoms with Crippen molar-refractivity contribution in [1.29, 1.82) is 0 Å². The van der Waals surface area contributed by atoms with Crippen LogP contribution in [0.4, 0.5) is 0 Å². The van der Waals surface area contributed by atoms with Crippen LogP contribution in [0.3, 0.4) is 0 Å². The topological polar surface area (TPSA) is 15.6 Å². The third kappa shape index (κ3) is 8.58. The molecule has 138 valence electrons. The van der Waals surface area contributed by atoms with Gasteiger partial charge in [-0.15, -0.1) is 0 Å². The van der Waals surface area contributed by atoms with Gasteiger partial charge in [0.2, 0.25) is 0 Å². The van der Waals surface area contributed by atoms with Gasteiger partial charge in [0.15, 0.2) is 0 Å². The molecule has 0 spiro atoms. The molecule has 0 aromatic heterocycles. The van der Waals surface area contributed by atoms with E-state index in [0.29, 0.717) is 11.9 Å². The zero-order chi connectivity index (χ0) is 17.9. The minimum absolute atomic E-state index is 0.444. The third-order valence-electron chi connectivity index (χ3n) is 5.92. The van der Waals surface area contributed by atoms with Crippen molar-refractivity contribution in [1.82, 2.24) is 4.90 Å². The van der Waals surface area contributed by atoms with E-state index in [0.717, 1.165) is 18.3 Å². The van der Waals surface area contributed by atoms with Crippen molar-refractivity contribution in [3.05, 3.63) is 0 Å². The summed E-state index contributed by atoms with van der Waals surface area (Å²) in [4.78, 5) is 6.83. The van der Waals surface area contributed by atoms with E-state index in [-0.39, 0.29) is 0 Å². The normalized spacial score (nSPS) is 25.5. The van der Waals surface area contributed by atoms with Gasteiger partial charge >= 0.3 is 0 Å². The predicted molar refractivity (Wildman–Crippen MR) is 109 cm³/mol. The number of rotatable bonds is 6. The fourth-order valence-corrected chi connectivity index (χ4v) is 3.97. The van der Waals surface area contributed by atoms with Crippen molar-refractivity contribution in [3.63, 3.8) is 0 Å². The summed E-state index contributed by atoms with van der Waals surface area (Å²) >= 11 is 0. The highest BCUT2D eigenvalue weighted by atomic mass is 15.2. The van der Waals surface area contributed by atoms with Gasteiger partial charge in [-0.1, -0.05) is 64.1 Å². The quantitative estimate of drug-likeness (QED) is 0.337. The van der Waals surface area contributed by atoms with E-state index in [9.17, 15) is 0 Å². The van der Waals surface area contributed by atoms with E-state index in [1.54, 1.807) is 0 Å². The molecule has 1 aliphatic carbocycles. The van der Waals surface area contributed by atoms with Crippen LogP contribution in [0.25, 0.3) is 0 Å². The molecule has 0 aliphatic heterocycles. The maximum absolute atomic E-state index is 6.27. The van der Waals surface area contributed by atoms with Crippen LogP contribution in [-0.4, -0.2) is 38.7 Å². The molecule has 3 heteroatoms. The van der Waals surface area contributed by atoms with Gasteiger partial charge in [0, 0.05) is 26.6 Å². The van der Waals surface area contributed by atoms with Crippen molar-refractivity contribution < 1.29 is 0 Å². The van der Waals surface area contributed by atoms with Crippen LogP contribution in [0.1, 0.15) is 91.4 Å². The van der Waals surface area contributed by atoms with E-state index in [1.807, 2.05) is 7.05 Å². The van der Waals surface area contributed by atoms with Crippen LogP contribution in [0.5, 0.6) is 0 Å². The Morgan fingerprint density at radius 3 is 2.33 bits per heavy atom. The van der Waals surface area contributed by atoms with Crippen LogP contribution >= 0.6 is 0 Å². The molecule has 0 aromatic rings. The Balaban J connectivity index is 2.41. The Morgan fingerprint density at radius 2 is 1.71 bits per heavy atom. The summed E-state index contributed by atoms with van der Waals surface area (Å²) in [5.41, 5.74) is 0. The number of aliphatic imine (C=N–C) groups is 1. The van der Waals surface area contributed by atoms with Gasteiger partial charge in [0.25, 0.3) is 0 Å². The number of hydrogen-bond acceptors (Lipinski definition) is 1. The van der Waals surface area contributed by atoms with E-state index >= 15 is 0 Å². The average Bonchev–Trinajstić information content (AvgIpc) is 2.55. The number of hydrogen-bond donors (Lipinski definition) is 0. The van der Waals surface area contributed by atoms with Gasteiger partial charge in [-0.2, -0.15) is 0 Å². The summed E-state index contributed by atoms with van der Waals surface area (Å²) in [6, 6.07) is 0.527. The molecule has 3 atom stereocenters. The van der Waals surface area contributed by atoms with Gasteiger partial charge in [-0.3, -0.25) is 4.99 Å². The first-order valence-electron chi connectivity index (χ1n) is 10.4. The Morgan fingerprint density at radius 1 is 1.04 bits per heavy atom. The van der Waals surface area contributed by atoms with E-state index in [1.165, 1.54) is 70.0 Å². The number of amidine groups is 1. The molecule has 0 bridgehead atoms. The summed E-state index contributed by atoms with van der Waals surface area (Å²) in [6.07, 6.45) is 14.5. The van der Waals surface area contributed by atoms with E-state index in [2.05, 4.69) is 37.7 Å². The largest absolute Gasteiger partial charge is 0.361 e. The van der Waals surface area contributed by atoms with Gasteiger partial charge in [0.05, 0.1) is 13.7 Å². The molecule has 1 saturated carbocycles. The molecular weight excluding hydrogens is 291 g/mol. The SMILES string of the molecule is [B]C1CCCCCCC(CC(C)CCC(=NC)N(C)C(C)C)CC1. The smallest absolute Gasteiger partial charge is 0.0985 e. The Kier molecular flexibility index (Phi) is 10.8. The molecule has 3 unspecified atom stereocenters. The Hall–Kier alpha value is -0.465. The van der Waals surface area contributed by atoms with Crippen molar-refractivity contribution >= 4 is 13.7 Å². The zero-order valence-corrected chi connectivity index (χ0v) is 17.1. The first-order valence-corrected chi connectivity index (χ1v) is 10.4. The highest BCUT2D eigenvalue weighted by Crippen LogP contribution is 2.31. The lowest BCUT2D eigenvalue weighted by molar-refractivity contribution is 0.311. The first kappa shape index (κ1) is 21.6. The second-order valence-corrected chi connectivity index (χ2v) is 8.42. The van der Waals surface area contributed by atoms with Crippen molar-refractivity contribution in [2.45, 2.75) is 103 Å². The molecule has 1 aliphatic rings. The van der Waals surface area contributed by atoms with Crippen molar-refractivity contribution in [2.24, 2.45) is 16.8 Å². The lowest BCUT2D eigenvalue weighted by atomic mass is 9.75. The minimum Gasteiger partial charge on any atom is -0.361 e. The van der Waals surface area contributed by atoms with Crippen LogP contribution in [0.2, 0.25) is 5.82 Å². The standard InChI is InChI=1S/C21H41BN2/c1-17(2)24(5)21(23-4)15-12-18(3)16-19-10-8-6-7-9-11-20(22)14-13-19/h17-20H,6-16H2,1-5H3. The molecule has 24 heavy (non-hydrogen) atoms. The fourth-order valence-electron chi connectivity index (χ4n) is 3.97. The molecule has 0 heterocycles. The molecule has 2 nitrogen and oxygen atoms in total. The third-order valence-corrected chi connectivity index (χ3v) is 5.92. The monoisotopic (exact) mass is 332 g/mol. The maximum atomic E-state index is 6.27. The van der Waals surface area contributed by atoms with Crippen LogP contribution in [-0.2, 0) is 0 Å². The van der Waals surface area contributed by atoms with Crippen molar-refractivity contribution in [3.8, 4) is 0 Å². The van der Waals surface area contributed by atoms with Gasteiger partial charge in [-0.25, -0.2) is 0 Å². The highest BCUT2D eigenvalue weighted by molar-refractivity contribution is 6.11. The Labute approximate surface area is 153 Å². The van der Waals surface area contributed by atoms with Crippen molar-refractivity contribution in [2.75, 3.05) is 14.1 Å². The zero-order valence-electron chi connectivity index (χ0n) is 17.1. The van der Waals surface area contributed by atoms with E-state index < -0.39 is 0 Å². The van der Waals surface area contributed by atoms with Crippen LogP contribution in [0, 0.1) is 11.8 Å². The molecule has 0 amide bonds. The number of nitrogens with zero attached hydrogens (tertiary/aromatic N) is 2. The van der Waals surface area contributed by atoms with Crippen LogP contribution < -0.4 is 0 Å². The minimum atomic E-state index is 0.444. The van der Waals surface area contributed by atoms with E-state index in [4.69, 9.17) is 7.85 Å². The first-order chi connectivity index (χ1) is 11.4. The molecule has 0 saturated heterocycles. The molecule has 1 rings (SSSR count). The Bertz CT molecular complexity index is 354. The summed E-state index contributed by atoms with van der Waals surface area (Å²) < 4.78 is 0. The summed E-state index contributed by atoms with van der Waals surface area (Å²) in [7, 11) is 10.4. The van der Waals surface area contributed by atoms with Gasteiger partial charge in [0.1, 0.15) is 0 Å². The van der Waals surface area contributed by atoms with Crippen LogP contribution in [0.15, 0.2) is 4.99 Å².